The standard InChI is InChI=1S/C33H47NO8/c1-18(2)23-15-25(37)24(30-29(40)28(39)27(38)26(16-35)42-30)14-22(23)13-21-9-8-20(12-19(21)3)10-11-32(4,5)31(41)34-33(6,7)17-36/h8-12,14-15,18,26-30,35-40H,13,16-17H2,1-7H3,(H,34,41)/b11-10+/t26-,27-,28+,29-,30+/m1/s1. The zero-order valence-corrected chi connectivity index (χ0v) is 25.6. The van der Waals surface area contributed by atoms with E-state index in [0.717, 1.165) is 27.8 Å². The Morgan fingerprint density at radius 1 is 1.00 bits per heavy atom. The number of phenols is 1. The van der Waals surface area contributed by atoms with Gasteiger partial charge >= 0.3 is 0 Å². The zero-order chi connectivity index (χ0) is 31.6. The maximum atomic E-state index is 12.8. The number of aliphatic hydroxyl groups excluding tert-OH is 5. The first kappa shape index (κ1) is 33.7. The molecule has 0 radical (unpaired) electrons. The lowest BCUT2D eigenvalue weighted by atomic mass is 9.85. The molecule has 0 aliphatic carbocycles. The van der Waals surface area contributed by atoms with Crippen molar-refractivity contribution < 1.29 is 40.2 Å². The second-order valence-electron chi connectivity index (χ2n) is 12.9. The summed E-state index contributed by atoms with van der Waals surface area (Å²) in [5, 5.41) is 64.0. The Hall–Kier alpha value is -2.79. The third kappa shape index (κ3) is 7.58. The fraction of sp³-hybridized carbons (Fsp3) is 0.545. The van der Waals surface area contributed by atoms with E-state index in [1.54, 1.807) is 26.0 Å². The monoisotopic (exact) mass is 585 g/mol. The van der Waals surface area contributed by atoms with E-state index >= 15 is 0 Å². The molecule has 1 fully saturated rings. The van der Waals surface area contributed by atoms with E-state index in [9.17, 15) is 35.4 Å². The molecule has 2 aromatic carbocycles. The highest BCUT2D eigenvalue weighted by Crippen LogP contribution is 2.40. The highest BCUT2D eigenvalue weighted by Gasteiger charge is 2.45. The van der Waals surface area contributed by atoms with Crippen LogP contribution in [0.15, 0.2) is 36.4 Å². The van der Waals surface area contributed by atoms with E-state index in [-0.39, 0.29) is 29.7 Å². The Bertz CT molecular complexity index is 1280. The molecule has 42 heavy (non-hydrogen) atoms. The zero-order valence-electron chi connectivity index (χ0n) is 25.6. The van der Waals surface area contributed by atoms with Gasteiger partial charge in [-0.3, -0.25) is 4.79 Å². The maximum Gasteiger partial charge on any atom is 0.229 e. The largest absolute Gasteiger partial charge is 0.508 e. The van der Waals surface area contributed by atoms with Crippen LogP contribution in [0.25, 0.3) is 6.08 Å². The predicted molar refractivity (Wildman–Crippen MR) is 161 cm³/mol. The molecule has 5 atom stereocenters. The van der Waals surface area contributed by atoms with Crippen molar-refractivity contribution in [1.82, 2.24) is 5.32 Å². The molecule has 0 aromatic heterocycles. The second-order valence-corrected chi connectivity index (χ2v) is 12.9. The van der Waals surface area contributed by atoms with Crippen LogP contribution < -0.4 is 5.32 Å². The van der Waals surface area contributed by atoms with Crippen molar-refractivity contribution in [2.24, 2.45) is 5.41 Å². The van der Waals surface area contributed by atoms with E-state index in [1.165, 1.54) is 0 Å². The summed E-state index contributed by atoms with van der Waals surface area (Å²) in [6.45, 7) is 12.5. The van der Waals surface area contributed by atoms with E-state index in [1.807, 2.05) is 65.0 Å². The number of aliphatic hydroxyl groups is 5. The molecule has 1 aliphatic heterocycles. The molecular weight excluding hydrogens is 538 g/mol. The first-order chi connectivity index (χ1) is 19.5. The second kappa shape index (κ2) is 13.2. The lowest BCUT2D eigenvalue weighted by Gasteiger charge is -2.40. The van der Waals surface area contributed by atoms with Crippen molar-refractivity contribution >= 4 is 12.0 Å². The Balaban J connectivity index is 1.89. The number of carbonyl (C=O) groups is 1. The Kier molecular flexibility index (Phi) is 10.6. The maximum absolute atomic E-state index is 12.8. The normalized spacial score (nSPS) is 23.5. The van der Waals surface area contributed by atoms with Crippen LogP contribution >= 0.6 is 0 Å². The van der Waals surface area contributed by atoms with Gasteiger partial charge in [-0.2, -0.15) is 0 Å². The summed E-state index contributed by atoms with van der Waals surface area (Å²) in [4.78, 5) is 12.8. The molecule has 3 rings (SSSR count). The molecule has 2 aromatic rings. The van der Waals surface area contributed by atoms with Crippen molar-refractivity contribution in [2.45, 2.75) is 96.9 Å². The van der Waals surface area contributed by atoms with Gasteiger partial charge in [-0.15, -0.1) is 0 Å². The first-order valence-corrected chi connectivity index (χ1v) is 14.4. The Morgan fingerprint density at radius 2 is 1.67 bits per heavy atom. The minimum atomic E-state index is -1.55. The van der Waals surface area contributed by atoms with Gasteiger partial charge in [0.25, 0.3) is 0 Å². The van der Waals surface area contributed by atoms with Crippen LogP contribution in [0, 0.1) is 12.3 Å². The molecule has 232 valence electrons. The highest BCUT2D eigenvalue weighted by molar-refractivity contribution is 5.85. The highest BCUT2D eigenvalue weighted by atomic mass is 16.5. The third-order valence-corrected chi connectivity index (χ3v) is 7.98. The quantitative estimate of drug-likeness (QED) is 0.224. The smallest absolute Gasteiger partial charge is 0.229 e. The van der Waals surface area contributed by atoms with Crippen LogP contribution in [0.2, 0.25) is 0 Å². The number of amides is 1. The lowest BCUT2D eigenvalue weighted by Crippen LogP contribution is -2.55. The molecule has 1 amide bonds. The van der Waals surface area contributed by atoms with Gasteiger partial charge in [-0.25, -0.2) is 0 Å². The number of phenolic OH excluding ortho intramolecular Hbond substituents is 1. The summed E-state index contributed by atoms with van der Waals surface area (Å²) in [5.74, 6) is -0.200. The topological polar surface area (TPSA) is 160 Å². The van der Waals surface area contributed by atoms with Crippen molar-refractivity contribution in [3.8, 4) is 5.75 Å². The minimum absolute atomic E-state index is 0.0847. The summed E-state index contributed by atoms with van der Waals surface area (Å²) in [7, 11) is 0. The molecule has 0 bridgehead atoms. The van der Waals surface area contributed by atoms with Crippen molar-refractivity contribution in [2.75, 3.05) is 13.2 Å². The fourth-order valence-electron chi connectivity index (χ4n) is 5.06. The molecule has 9 heteroatoms. The number of hydrogen-bond acceptors (Lipinski definition) is 8. The van der Waals surface area contributed by atoms with E-state index < -0.39 is 48.1 Å². The van der Waals surface area contributed by atoms with E-state index in [0.29, 0.717) is 6.42 Å². The lowest BCUT2D eigenvalue weighted by molar-refractivity contribution is -0.232. The van der Waals surface area contributed by atoms with Crippen LogP contribution in [0.4, 0.5) is 0 Å². The summed E-state index contributed by atoms with van der Waals surface area (Å²) in [6, 6.07) is 9.43. The number of nitrogens with one attached hydrogen (secondary N) is 1. The molecule has 7 N–H and O–H groups in total. The molecule has 0 spiro atoms. The van der Waals surface area contributed by atoms with Crippen LogP contribution in [0.5, 0.6) is 5.75 Å². The number of hydrogen-bond donors (Lipinski definition) is 7. The summed E-state index contributed by atoms with van der Waals surface area (Å²) in [6.07, 6.45) is -2.49. The molecule has 1 saturated heterocycles. The number of benzene rings is 2. The number of aromatic hydroxyl groups is 1. The van der Waals surface area contributed by atoms with Crippen LogP contribution in [0.1, 0.15) is 86.9 Å². The Labute approximate surface area is 248 Å². The molecule has 0 unspecified atom stereocenters. The van der Waals surface area contributed by atoms with Gasteiger partial charge in [-0.05, 0) is 86.9 Å². The average molecular weight is 586 g/mol. The van der Waals surface area contributed by atoms with Crippen LogP contribution in [-0.4, -0.2) is 79.7 Å². The SMILES string of the molecule is Cc1cc(/C=C/C(C)(C)C(=O)NC(C)(C)CO)ccc1Cc1cc([C@@H]2O[C@H](CO)[C@@H](O)[C@H](O)[C@H]2O)c(O)cc1C(C)C. The molecule has 1 heterocycles. The summed E-state index contributed by atoms with van der Waals surface area (Å²) in [5.41, 5.74) is 3.58. The number of carbonyl (C=O) groups excluding carboxylic acids is 1. The minimum Gasteiger partial charge on any atom is -0.508 e. The van der Waals surface area contributed by atoms with Gasteiger partial charge in [0.05, 0.1) is 24.2 Å². The van der Waals surface area contributed by atoms with Gasteiger partial charge < -0.3 is 40.7 Å². The number of ether oxygens (including phenoxy) is 1. The molecular formula is C33H47NO8. The third-order valence-electron chi connectivity index (χ3n) is 7.98. The van der Waals surface area contributed by atoms with Gasteiger partial charge in [0, 0.05) is 5.56 Å². The van der Waals surface area contributed by atoms with E-state index in [4.69, 9.17) is 4.74 Å². The van der Waals surface area contributed by atoms with Crippen LogP contribution in [-0.2, 0) is 16.0 Å². The molecule has 9 nitrogen and oxygen atoms in total. The van der Waals surface area contributed by atoms with E-state index in [2.05, 4.69) is 5.32 Å². The molecule has 0 saturated carbocycles. The van der Waals surface area contributed by atoms with Crippen molar-refractivity contribution in [1.29, 1.82) is 0 Å². The van der Waals surface area contributed by atoms with Gasteiger partial charge in [-0.1, -0.05) is 44.2 Å². The molecule has 1 aliphatic rings. The summed E-state index contributed by atoms with van der Waals surface area (Å²) >= 11 is 0. The van der Waals surface area contributed by atoms with Gasteiger partial charge in [0.2, 0.25) is 5.91 Å². The fourth-order valence-corrected chi connectivity index (χ4v) is 5.06. The van der Waals surface area contributed by atoms with Gasteiger partial charge in [0.1, 0.15) is 36.3 Å². The van der Waals surface area contributed by atoms with Crippen molar-refractivity contribution in [3.63, 3.8) is 0 Å². The predicted octanol–water partition coefficient (Wildman–Crippen LogP) is 2.86. The number of aryl methyl sites for hydroxylation is 1. The summed E-state index contributed by atoms with van der Waals surface area (Å²) < 4.78 is 5.73. The Morgan fingerprint density at radius 3 is 2.24 bits per heavy atom. The van der Waals surface area contributed by atoms with Gasteiger partial charge in [0.15, 0.2) is 0 Å². The van der Waals surface area contributed by atoms with Crippen molar-refractivity contribution in [3.05, 3.63) is 69.8 Å². The average Bonchev–Trinajstić information content (AvgIpc) is 2.92. The number of rotatable bonds is 10. The first-order valence-electron chi connectivity index (χ1n) is 14.4. The van der Waals surface area contributed by atoms with Crippen LogP contribution in [0.3, 0.4) is 0 Å².